The van der Waals surface area contributed by atoms with Crippen LogP contribution in [0.25, 0.3) is 11.1 Å². The zero-order chi connectivity index (χ0) is 13.1. The van der Waals surface area contributed by atoms with Gasteiger partial charge in [0, 0.05) is 23.4 Å². The van der Waals surface area contributed by atoms with Crippen molar-refractivity contribution in [1.82, 2.24) is 4.98 Å². The standard InChI is InChI=1S/C13H11F2NO2/c1-18-12-5-8(7-17)10(6-16-12)9-3-2-4-11(14)13(9)15/h2-6,17H,7H2,1H3. The highest BCUT2D eigenvalue weighted by atomic mass is 19.2. The van der Waals surface area contributed by atoms with Gasteiger partial charge in [0.15, 0.2) is 11.6 Å². The lowest BCUT2D eigenvalue weighted by atomic mass is 10.0. The topological polar surface area (TPSA) is 42.4 Å². The summed E-state index contributed by atoms with van der Waals surface area (Å²) >= 11 is 0. The van der Waals surface area contributed by atoms with Crippen LogP contribution in [0.4, 0.5) is 8.78 Å². The summed E-state index contributed by atoms with van der Waals surface area (Å²) in [6, 6.07) is 5.36. The molecule has 1 heterocycles. The van der Waals surface area contributed by atoms with E-state index in [0.717, 1.165) is 6.07 Å². The molecular weight excluding hydrogens is 240 g/mol. The van der Waals surface area contributed by atoms with Gasteiger partial charge < -0.3 is 9.84 Å². The van der Waals surface area contributed by atoms with E-state index in [1.807, 2.05) is 0 Å². The predicted octanol–water partition coefficient (Wildman–Crippen LogP) is 2.53. The van der Waals surface area contributed by atoms with Crippen LogP contribution in [0.3, 0.4) is 0 Å². The average molecular weight is 251 g/mol. The Bertz CT molecular complexity index is 573. The van der Waals surface area contributed by atoms with E-state index in [1.54, 1.807) is 0 Å². The van der Waals surface area contributed by atoms with Crippen molar-refractivity contribution in [1.29, 1.82) is 0 Å². The zero-order valence-corrected chi connectivity index (χ0v) is 9.65. The number of hydrogen-bond acceptors (Lipinski definition) is 3. The van der Waals surface area contributed by atoms with Gasteiger partial charge in [-0.3, -0.25) is 0 Å². The van der Waals surface area contributed by atoms with Gasteiger partial charge in [-0.1, -0.05) is 12.1 Å². The molecule has 5 heteroatoms. The van der Waals surface area contributed by atoms with Crippen molar-refractivity contribution >= 4 is 0 Å². The first-order valence-electron chi connectivity index (χ1n) is 5.25. The molecule has 0 saturated heterocycles. The Morgan fingerprint density at radius 1 is 1.28 bits per heavy atom. The SMILES string of the molecule is COc1cc(CO)c(-c2cccc(F)c2F)cn1. The number of halogens is 2. The van der Waals surface area contributed by atoms with Crippen LogP contribution in [0.1, 0.15) is 5.56 Å². The van der Waals surface area contributed by atoms with Crippen LogP contribution in [0.5, 0.6) is 5.88 Å². The Kier molecular flexibility index (Phi) is 3.53. The summed E-state index contributed by atoms with van der Waals surface area (Å²) in [4.78, 5) is 3.93. The molecule has 0 bridgehead atoms. The fourth-order valence-corrected chi connectivity index (χ4v) is 1.67. The van der Waals surface area contributed by atoms with Crippen molar-refractivity contribution in [3.05, 3.63) is 47.7 Å². The van der Waals surface area contributed by atoms with E-state index in [9.17, 15) is 13.9 Å². The van der Waals surface area contributed by atoms with E-state index in [-0.39, 0.29) is 12.2 Å². The zero-order valence-electron chi connectivity index (χ0n) is 9.65. The quantitative estimate of drug-likeness (QED) is 0.911. The molecule has 1 aromatic heterocycles. The maximum Gasteiger partial charge on any atom is 0.213 e. The maximum atomic E-state index is 13.7. The molecule has 0 fully saturated rings. The molecule has 1 aromatic carbocycles. The average Bonchev–Trinajstić information content (AvgIpc) is 2.41. The number of aromatic nitrogens is 1. The summed E-state index contributed by atoms with van der Waals surface area (Å²) in [6.45, 7) is -0.315. The number of benzene rings is 1. The molecule has 0 aliphatic rings. The monoisotopic (exact) mass is 251 g/mol. The molecule has 0 spiro atoms. The van der Waals surface area contributed by atoms with Gasteiger partial charge in [0.25, 0.3) is 0 Å². The van der Waals surface area contributed by atoms with Crippen molar-refractivity contribution in [2.75, 3.05) is 7.11 Å². The number of methoxy groups -OCH3 is 1. The van der Waals surface area contributed by atoms with E-state index >= 15 is 0 Å². The van der Waals surface area contributed by atoms with Crippen LogP contribution in [0, 0.1) is 11.6 Å². The smallest absolute Gasteiger partial charge is 0.213 e. The van der Waals surface area contributed by atoms with E-state index in [2.05, 4.69) is 4.98 Å². The molecular formula is C13H11F2NO2. The molecule has 0 radical (unpaired) electrons. The van der Waals surface area contributed by atoms with Crippen molar-refractivity contribution < 1.29 is 18.6 Å². The largest absolute Gasteiger partial charge is 0.481 e. The number of ether oxygens (including phenoxy) is 1. The molecule has 1 N–H and O–H groups in total. The minimum atomic E-state index is -0.959. The van der Waals surface area contributed by atoms with Gasteiger partial charge in [-0.2, -0.15) is 0 Å². The fourth-order valence-electron chi connectivity index (χ4n) is 1.67. The maximum absolute atomic E-state index is 13.7. The van der Waals surface area contributed by atoms with Crippen molar-refractivity contribution in [3.63, 3.8) is 0 Å². The molecule has 0 unspecified atom stereocenters. The molecule has 2 aromatic rings. The molecule has 94 valence electrons. The number of aliphatic hydroxyl groups excluding tert-OH is 1. The van der Waals surface area contributed by atoms with Crippen LogP contribution < -0.4 is 4.74 Å². The lowest BCUT2D eigenvalue weighted by Crippen LogP contribution is -1.97. The van der Waals surface area contributed by atoms with Gasteiger partial charge in [0.1, 0.15) is 0 Å². The van der Waals surface area contributed by atoms with Crippen LogP contribution in [0.2, 0.25) is 0 Å². The van der Waals surface area contributed by atoms with Crippen molar-refractivity contribution in [3.8, 4) is 17.0 Å². The lowest BCUT2D eigenvalue weighted by Gasteiger charge is -2.10. The van der Waals surface area contributed by atoms with Gasteiger partial charge in [0.2, 0.25) is 5.88 Å². The molecule has 3 nitrogen and oxygen atoms in total. The summed E-state index contributed by atoms with van der Waals surface area (Å²) in [6.07, 6.45) is 1.35. The Morgan fingerprint density at radius 2 is 2.06 bits per heavy atom. The lowest BCUT2D eigenvalue weighted by molar-refractivity contribution is 0.281. The van der Waals surface area contributed by atoms with Gasteiger partial charge in [-0.15, -0.1) is 0 Å². The first-order valence-corrected chi connectivity index (χ1v) is 5.25. The van der Waals surface area contributed by atoms with Crippen molar-refractivity contribution in [2.24, 2.45) is 0 Å². The minimum Gasteiger partial charge on any atom is -0.481 e. The number of hydrogen-bond donors (Lipinski definition) is 1. The minimum absolute atomic E-state index is 0.0641. The predicted molar refractivity (Wildman–Crippen MR) is 62.1 cm³/mol. The van der Waals surface area contributed by atoms with Gasteiger partial charge >= 0.3 is 0 Å². The molecule has 2 rings (SSSR count). The van der Waals surface area contributed by atoms with Gasteiger partial charge in [-0.05, 0) is 11.6 Å². The normalized spacial score (nSPS) is 10.4. The third-order valence-corrected chi connectivity index (χ3v) is 2.59. The van der Waals surface area contributed by atoms with Crippen LogP contribution in [-0.2, 0) is 6.61 Å². The Balaban J connectivity index is 2.60. The summed E-state index contributed by atoms with van der Waals surface area (Å²) in [5.41, 5.74) is 0.829. The summed E-state index contributed by atoms with van der Waals surface area (Å²) in [7, 11) is 1.44. The number of nitrogens with zero attached hydrogens (tertiary/aromatic N) is 1. The first kappa shape index (κ1) is 12.4. The molecule has 0 saturated carbocycles. The second-order valence-electron chi connectivity index (χ2n) is 3.64. The molecule has 0 atom stereocenters. The molecule has 0 amide bonds. The molecule has 0 aliphatic heterocycles. The third kappa shape index (κ3) is 2.17. The molecule has 18 heavy (non-hydrogen) atoms. The fraction of sp³-hybridized carbons (Fsp3) is 0.154. The van der Waals surface area contributed by atoms with Crippen LogP contribution in [0.15, 0.2) is 30.5 Å². The van der Waals surface area contributed by atoms with Crippen LogP contribution in [-0.4, -0.2) is 17.2 Å². The van der Waals surface area contributed by atoms with E-state index < -0.39 is 11.6 Å². The summed E-state index contributed by atoms with van der Waals surface area (Å²) in [5, 5.41) is 9.26. The highest BCUT2D eigenvalue weighted by Gasteiger charge is 2.14. The van der Waals surface area contributed by atoms with Crippen LogP contribution >= 0.6 is 0 Å². The van der Waals surface area contributed by atoms with E-state index in [1.165, 1.54) is 31.5 Å². The summed E-state index contributed by atoms with van der Waals surface area (Å²) < 4.78 is 31.7. The first-order chi connectivity index (χ1) is 8.67. The molecule has 0 aliphatic carbocycles. The van der Waals surface area contributed by atoms with Crippen molar-refractivity contribution in [2.45, 2.75) is 6.61 Å². The summed E-state index contributed by atoms with van der Waals surface area (Å²) in [5.74, 6) is -1.59. The Morgan fingerprint density at radius 3 is 2.72 bits per heavy atom. The second-order valence-corrected chi connectivity index (χ2v) is 3.64. The number of pyridine rings is 1. The number of aliphatic hydroxyl groups is 1. The Hall–Kier alpha value is -2.01. The third-order valence-electron chi connectivity index (χ3n) is 2.59. The highest BCUT2D eigenvalue weighted by molar-refractivity contribution is 5.67. The highest BCUT2D eigenvalue weighted by Crippen LogP contribution is 2.28. The van der Waals surface area contributed by atoms with Gasteiger partial charge in [-0.25, -0.2) is 13.8 Å². The van der Waals surface area contributed by atoms with Gasteiger partial charge in [0.05, 0.1) is 13.7 Å². The number of rotatable bonds is 3. The second kappa shape index (κ2) is 5.10. The van der Waals surface area contributed by atoms with E-state index in [4.69, 9.17) is 4.74 Å². The van der Waals surface area contributed by atoms with E-state index in [0.29, 0.717) is 17.0 Å². The Labute approximate surface area is 103 Å².